The number of aromatic nitrogens is 3. The normalized spacial score (nSPS) is 11.0. The first-order valence-corrected chi connectivity index (χ1v) is 8.16. The molecule has 0 saturated heterocycles. The van der Waals surface area contributed by atoms with E-state index in [9.17, 15) is 4.79 Å². The molecular weight excluding hydrogens is 370 g/mol. The van der Waals surface area contributed by atoms with Crippen molar-refractivity contribution in [1.82, 2.24) is 15.0 Å². The monoisotopic (exact) mass is 381 g/mol. The highest BCUT2D eigenvalue weighted by Crippen LogP contribution is 2.24. The summed E-state index contributed by atoms with van der Waals surface area (Å²) < 4.78 is 7.99. The summed E-state index contributed by atoms with van der Waals surface area (Å²) in [5.74, 6) is 0.126. The van der Waals surface area contributed by atoms with Crippen molar-refractivity contribution in [1.29, 1.82) is 0 Å². The van der Waals surface area contributed by atoms with Gasteiger partial charge in [0.15, 0.2) is 0 Å². The Bertz CT molecular complexity index is 1060. The lowest BCUT2D eigenvalue weighted by Gasteiger charge is -2.06. The van der Waals surface area contributed by atoms with Crippen molar-refractivity contribution in [3.05, 3.63) is 65.1 Å². The number of halogens is 1. The Morgan fingerprint density at radius 1 is 1.04 bits per heavy atom. The number of carbonyl (C=O) groups is 1. The summed E-state index contributed by atoms with van der Waals surface area (Å²) in [6, 6.07) is 19.0. The van der Waals surface area contributed by atoms with E-state index < -0.39 is 0 Å². The Kier molecular flexibility index (Phi) is 3.74. The standard InChI is InChI=1S/C18H12BrN3O2/c19-14-7-5-13-10-15(8-6-12(13)9-14)24-18(23)11-22-17-4-2-1-3-16(17)20-21-22/h1-10H,11H2. The van der Waals surface area contributed by atoms with E-state index in [4.69, 9.17) is 4.74 Å². The average molecular weight is 382 g/mol. The average Bonchev–Trinajstić information content (AvgIpc) is 2.98. The summed E-state index contributed by atoms with van der Waals surface area (Å²) in [6.45, 7) is 0.0128. The van der Waals surface area contributed by atoms with E-state index in [1.165, 1.54) is 4.68 Å². The summed E-state index contributed by atoms with van der Waals surface area (Å²) >= 11 is 3.44. The Balaban J connectivity index is 1.54. The molecule has 0 atom stereocenters. The molecule has 0 bridgehead atoms. The topological polar surface area (TPSA) is 57.0 Å². The van der Waals surface area contributed by atoms with Crippen LogP contribution in [0.25, 0.3) is 21.8 Å². The van der Waals surface area contributed by atoms with Crippen LogP contribution < -0.4 is 4.74 Å². The first-order chi connectivity index (χ1) is 11.7. The minimum atomic E-state index is -0.387. The number of carbonyl (C=O) groups excluding carboxylic acids is 1. The number of hydrogen-bond donors (Lipinski definition) is 0. The van der Waals surface area contributed by atoms with Gasteiger partial charge < -0.3 is 4.74 Å². The van der Waals surface area contributed by atoms with Gasteiger partial charge in [-0.3, -0.25) is 0 Å². The van der Waals surface area contributed by atoms with E-state index in [0.29, 0.717) is 5.75 Å². The Morgan fingerprint density at radius 2 is 1.83 bits per heavy atom. The number of esters is 1. The Labute approximate surface area is 146 Å². The van der Waals surface area contributed by atoms with Gasteiger partial charge in [0.05, 0.1) is 5.52 Å². The largest absolute Gasteiger partial charge is 0.425 e. The molecule has 4 rings (SSSR count). The van der Waals surface area contributed by atoms with Gasteiger partial charge in [-0.25, -0.2) is 9.48 Å². The number of benzene rings is 3. The third-order valence-electron chi connectivity index (χ3n) is 3.70. The summed E-state index contributed by atoms with van der Waals surface area (Å²) in [6.07, 6.45) is 0. The van der Waals surface area contributed by atoms with Gasteiger partial charge in [0.1, 0.15) is 17.8 Å². The van der Waals surface area contributed by atoms with Crippen molar-refractivity contribution < 1.29 is 9.53 Å². The lowest BCUT2D eigenvalue weighted by atomic mass is 10.1. The van der Waals surface area contributed by atoms with Gasteiger partial charge in [-0.05, 0) is 47.2 Å². The van der Waals surface area contributed by atoms with E-state index in [-0.39, 0.29) is 12.5 Å². The van der Waals surface area contributed by atoms with Crippen LogP contribution in [0.15, 0.2) is 65.1 Å². The first-order valence-electron chi connectivity index (χ1n) is 7.37. The zero-order valence-corrected chi connectivity index (χ0v) is 14.1. The van der Waals surface area contributed by atoms with Gasteiger partial charge >= 0.3 is 5.97 Å². The van der Waals surface area contributed by atoms with E-state index in [0.717, 1.165) is 26.3 Å². The van der Waals surface area contributed by atoms with Gasteiger partial charge in [0.25, 0.3) is 0 Å². The van der Waals surface area contributed by atoms with Crippen LogP contribution in [-0.2, 0) is 11.3 Å². The molecule has 6 heteroatoms. The van der Waals surface area contributed by atoms with Crippen molar-refractivity contribution in [3.63, 3.8) is 0 Å². The van der Waals surface area contributed by atoms with Gasteiger partial charge in [-0.15, -0.1) is 5.10 Å². The molecule has 0 fully saturated rings. The molecule has 0 N–H and O–H groups in total. The maximum absolute atomic E-state index is 12.2. The molecule has 24 heavy (non-hydrogen) atoms. The van der Waals surface area contributed by atoms with Crippen LogP contribution in [0.5, 0.6) is 5.75 Å². The SMILES string of the molecule is O=C(Cn1nnc2ccccc21)Oc1ccc2cc(Br)ccc2c1. The summed E-state index contributed by atoms with van der Waals surface area (Å²) in [5, 5.41) is 10.1. The first kappa shape index (κ1) is 14.8. The molecule has 0 amide bonds. The Morgan fingerprint density at radius 3 is 2.75 bits per heavy atom. The van der Waals surface area contributed by atoms with Gasteiger partial charge in [-0.1, -0.05) is 45.4 Å². The zero-order chi connectivity index (χ0) is 16.5. The van der Waals surface area contributed by atoms with Crippen LogP contribution in [-0.4, -0.2) is 21.0 Å². The van der Waals surface area contributed by atoms with Crippen LogP contribution in [0, 0.1) is 0 Å². The van der Waals surface area contributed by atoms with Crippen LogP contribution in [0.3, 0.4) is 0 Å². The lowest BCUT2D eigenvalue weighted by molar-refractivity contribution is -0.135. The van der Waals surface area contributed by atoms with E-state index in [2.05, 4.69) is 26.2 Å². The van der Waals surface area contributed by atoms with Crippen molar-refractivity contribution in [3.8, 4) is 5.75 Å². The molecule has 0 saturated carbocycles. The highest BCUT2D eigenvalue weighted by molar-refractivity contribution is 9.10. The van der Waals surface area contributed by atoms with Crippen LogP contribution in [0.1, 0.15) is 0 Å². The van der Waals surface area contributed by atoms with Crippen molar-refractivity contribution in [2.75, 3.05) is 0 Å². The third kappa shape index (κ3) is 2.88. The second-order valence-electron chi connectivity index (χ2n) is 5.36. The second kappa shape index (κ2) is 6.05. The molecule has 0 unspecified atom stereocenters. The maximum Gasteiger partial charge on any atom is 0.333 e. The number of rotatable bonds is 3. The fourth-order valence-corrected chi connectivity index (χ4v) is 2.96. The smallest absolute Gasteiger partial charge is 0.333 e. The third-order valence-corrected chi connectivity index (χ3v) is 4.20. The predicted molar refractivity (Wildman–Crippen MR) is 94.8 cm³/mol. The highest BCUT2D eigenvalue weighted by Gasteiger charge is 2.11. The van der Waals surface area contributed by atoms with E-state index >= 15 is 0 Å². The number of fused-ring (bicyclic) bond motifs is 2. The zero-order valence-electron chi connectivity index (χ0n) is 12.5. The molecule has 118 valence electrons. The maximum atomic E-state index is 12.2. The number of ether oxygens (including phenoxy) is 1. The van der Waals surface area contributed by atoms with Crippen LogP contribution in [0.4, 0.5) is 0 Å². The fourth-order valence-electron chi connectivity index (χ4n) is 2.58. The Hall–Kier alpha value is -2.73. The molecule has 0 aliphatic carbocycles. The molecule has 1 heterocycles. The number of hydrogen-bond acceptors (Lipinski definition) is 4. The molecule has 4 aromatic rings. The molecule has 0 aliphatic rings. The molecule has 5 nitrogen and oxygen atoms in total. The van der Waals surface area contributed by atoms with E-state index in [1.807, 2.05) is 54.6 Å². The fraction of sp³-hybridized carbons (Fsp3) is 0.0556. The summed E-state index contributed by atoms with van der Waals surface area (Å²) in [5.41, 5.74) is 1.55. The van der Waals surface area contributed by atoms with Crippen molar-refractivity contribution in [2.24, 2.45) is 0 Å². The van der Waals surface area contributed by atoms with E-state index in [1.54, 1.807) is 6.07 Å². The minimum Gasteiger partial charge on any atom is -0.425 e. The minimum absolute atomic E-state index is 0.0128. The molecule has 0 aliphatic heterocycles. The van der Waals surface area contributed by atoms with Crippen LogP contribution >= 0.6 is 15.9 Å². The predicted octanol–water partition coefficient (Wildman–Crippen LogP) is 3.95. The number of nitrogens with zero attached hydrogens (tertiary/aromatic N) is 3. The molecule has 1 aromatic heterocycles. The molecule has 0 spiro atoms. The van der Waals surface area contributed by atoms with Crippen molar-refractivity contribution in [2.45, 2.75) is 6.54 Å². The molecule has 0 radical (unpaired) electrons. The van der Waals surface area contributed by atoms with Gasteiger partial charge in [0, 0.05) is 4.47 Å². The summed E-state index contributed by atoms with van der Waals surface area (Å²) in [7, 11) is 0. The number of para-hydroxylation sites is 1. The van der Waals surface area contributed by atoms with Crippen LogP contribution in [0.2, 0.25) is 0 Å². The van der Waals surface area contributed by atoms with Gasteiger partial charge in [0.2, 0.25) is 0 Å². The molecular formula is C18H12BrN3O2. The van der Waals surface area contributed by atoms with Gasteiger partial charge in [-0.2, -0.15) is 0 Å². The highest BCUT2D eigenvalue weighted by atomic mass is 79.9. The second-order valence-corrected chi connectivity index (χ2v) is 6.28. The van der Waals surface area contributed by atoms with Crippen molar-refractivity contribution >= 4 is 43.7 Å². The molecule has 3 aromatic carbocycles. The lowest BCUT2D eigenvalue weighted by Crippen LogP contribution is -2.17. The quantitative estimate of drug-likeness (QED) is 0.398. The summed E-state index contributed by atoms with van der Waals surface area (Å²) in [4.78, 5) is 12.2.